The van der Waals surface area contributed by atoms with Gasteiger partial charge in [0, 0.05) is 25.7 Å². The smallest absolute Gasteiger partial charge is 0.123 e. The van der Waals surface area contributed by atoms with E-state index in [0.717, 1.165) is 53.4 Å². The third kappa shape index (κ3) is 6.74. The molecule has 4 rings (SSSR count). The molecule has 0 bridgehead atoms. The van der Waals surface area contributed by atoms with Gasteiger partial charge in [-0.1, -0.05) is 42.5 Å². The number of likely N-dealkylation sites (tertiary alicyclic amines) is 1. The summed E-state index contributed by atoms with van der Waals surface area (Å²) in [6.07, 6.45) is 4.88. The minimum Gasteiger partial charge on any atom is -0.497 e. The molecule has 0 aliphatic carbocycles. The zero-order chi connectivity index (χ0) is 25.3. The molecule has 5 heteroatoms. The van der Waals surface area contributed by atoms with Crippen LogP contribution in [0.3, 0.4) is 0 Å². The highest BCUT2D eigenvalue weighted by atomic mass is 19.1. The molecule has 0 unspecified atom stereocenters. The van der Waals surface area contributed by atoms with Gasteiger partial charge in [-0.05, 0) is 91.5 Å². The van der Waals surface area contributed by atoms with Gasteiger partial charge in [-0.15, -0.1) is 0 Å². The third-order valence-electron chi connectivity index (χ3n) is 7.13. The first-order chi connectivity index (χ1) is 17.6. The van der Waals surface area contributed by atoms with Crippen molar-refractivity contribution in [3.05, 3.63) is 101 Å². The molecule has 0 N–H and O–H groups in total. The molecule has 3 aromatic carbocycles. The van der Waals surface area contributed by atoms with Crippen molar-refractivity contribution in [1.82, 2.24) is 9.80 Å². The molecular weight excluding hydrogens is 451 g/mol. The summed E-state index contributed by atoms with van der Waals surface area (Å²) >= 11 is 0. The molecule has 1 atom stereocenters. The molecule has 1 heterocycles. The number of nitrogens with zero attached hydrogens (tertiary/aromatic N) is 2. The molecule has 4 nitrogen and oxygen atoms in total. The molecule has 0 amide bonds. The lowest BCUT2D eigenvalue weighted by Gasteiger charge is -2.30. The molecule has 36 heavy (non-hydrogen) atoms. The Kier molecular flexibility index (Phi) is 9.15. The van der Waals surface area contributed by atoms with Crippen molar-refractivity contribution in [3.8, 4) is 11.5 Å². The maximum absolute atomic E-state index is 13.6. The molecular formula is C31H37FN2O2. The molecule has 0 spiro atoms. The second-order valence-corrected chi connectivity index (χ2v) is 9.35. The van der Waals surface area contributed by atoms with Crippen molar-refractivity contribution >= 4 is 5.57 Å². The molecule has 0 radical (unpaired) electrons. The highest BCUT2D eigenvalue weighted by molar-refractivity contribution is 5.80. The van der Waals surface area contributed by atoms with Gasteiger partial charge in [0.25, 0.3) is 0 Å². The maximum Gasteiger partial charge on any atom is 0.123 e. The standard InChI is InChI=1S/C31H37FN2O2/c1-24(25-6-12-28(32)13-7-25)34(23-22-33-19-4-5-20-33)21-18-31(26-8-14-29(35-2)15-9-26)27-10-16-30(36-3)17-11-27/h6-18,24H,4-5,19-23H2,1-3H3/t24-/m1/s1. The lowest BCUT2D eigenvalue weighted by Crippen LogP contribution is -2.35. The van der Waals surface area contributed by atoms with E-state index >= 15 is 0 Å². The van der Waals surface area contributed by atoms with E-state index in [1.54, 1.807) is 26.4 Å². The molecule has 0 aromatic heterocycles. The Balaban J connectivity index is 1.63. The second-order valence-electron chi connectivity index (χ2n) is 9.35. The summed E-state index contributed by atoms with van der Waals surface area (Å²) in [6, 6.07) is 23.5. The van der Waals surface area contributed by atoms with Crippen LogP contribution in [0.2, 0.25) is 0 Å². The first-order valence-electron chi connectivity index (χ1n) is 12.8. The third-order valence-corrected chi connectivity index (χ3v) is 7.13. The average molecular weight is 489 g/mol. The lowest BCUT2D eigenvalue weighted by atomic mass is 9.97. The van der Waals surface area contributed by atoms with Gasteiger partial charge in [-0.25, -0.2) is 4.39 Å². The fourth-order valence-corrected chi connectivity index (χ4v) is 4.82. The van der Waals surface area contributed by atoms with Gasteiger partial charge in [0.2, 0.25) is 0 Å². The first-order valence-corrected chi connectivity index (χ1v) is 12.8. The molecule has 3 aromatic rings. The Labute approximate surface area is 215 Å². The Morgan fingerprint density at radius 1 is 0.861 bits per heavy atom. The SMILES string of the molecule is COc1ccc(C(=CCN(CCN2CCCC2)[C@H](C)c2ccc(F)cc2)c2ccc(OC)cc2)cc1. The molecule has 1 aliphatic rings. The van der Waals surface area contributed by atoms with E-state index in [4.69, 9.17) is 9.47 Å². The highest BCUT2D eigenvalue weighted by Gasteiger charge is 2.19. The monoisotopic (exact) mass is 488 g/mol. The predicted octanol–water partition coefficient (Wildman–Crippen LogP) is 6.43. The van der Waals surface area contributed by atoms with Gasteiger partial charge >= 0.3 is 0 Å². The van der Waals surface area contributed by atoms with Crippen molar-refractivity contribution in [2.75, 3.05) is 46.9 Å². The number of halogens is 1. The molecule has 1 fully saturated rings. The summed E-state index contributed by atoms with van der Waals surface area (Å²) in [5.41, 5.74) is 4.56. The minimum atomic E-state index is -0.198. The van der Waals surface area contributed by atoms with Crippen LogP contribution in [0.1, 0.15) is 42.5 Å². The van der Waals surface area contributed by atoms with Crippen molar-refractivity contribution in [2.24, 2.45) is 0 Å². The van der Waals surface area contributed by atoms with E-state index in [1.165, 1.54) is 25.9 Å². The van der Waals surface area contributed by atoms with Crippen molar-refractivity contribution in [3.63, 3.8) is 0 Å². The van der Waals surface area contributed by atoms with E-state index in [-0.39, 0.29) is 11.9 Å². The average Bonchev–Trinajstić information content (AvgIpc) is 3.45. The Morgan fingerprint density at radius 3 is 1.89 bits per heavy atom. The Morgan fingerprint density at radius 2 is 1.39 bits per heavy atom. The Bertz CT molecular complexity index is 1060. The van der Waals surface area contributed by atoms with Gasteiger partial charge in [0.05, 0.1) is 14.2 Å². The zero-order valence-electron chi connectivity index (χ0n) is 21.6. The van der Waals surface area contributed by atoms with E-state index in [1.807, 2.05) is 36.4 Å². The summed E-state index contributed by atoms with van der Waals surface area (Å²) < 4.78 is 24.3. The number of benzene rings is 3. The largest absolute Gasteiger partial charge is 0.497 e. The van der Waals surface area contributed by atoms with Crippen LogP contribution in [0, 0.1) is 5.82 Å². The van der Waals surface area contributed by atoms with Gasteiger partial charge in [0.15, 0.2) is 0 Å². The van der Waals surface area contributed by atoms with E-state index in [0.29, 0.717) is 0 Å². The zero-order valence-corrected chi connectivity index (χ0v) is 21.6. The number of ether oxygens (including phenoxy) is 2. The van der Waals surface area contributed by atoms with Gasteiger partial charge in [-0.2, -0.15) is 0 Å². The summed E-state index contributed by atoms with van der Waals surface area (Å²) in [5, 5.41) is 0. The topological polar surface area (TPSA) is 24.9 Å². The van der Waals surface area contributed by atoms with Crippen LogP contribution < -0.4 is 9.47 Å². The summed E-state index contributed by atoms with van der Waals surface area (Å²) in [6.45, 7) is 7.34. The van der Waals surface area contributed by atoms with Crippen LogP contribution in [0.4, 0.5) is 4.39 Å². The van der Waals surface area contributed by atoms with Crippen LogP contribution in [0.15, 0.2) is 78.9 Å². The normalized spacial score (nSPS) is 14.6. The molecule has 1 aliphatic heterocycles. The fraction of sp³-hybridized carbons (Fsp3) is 0.355. The van der Waals surface area contributed by atoms with Crippen LogP contribution in [-0.2, 0) is 0 Å². The lowest BCUT2D eigenvalue weighted by molar-refractivity contribution is 0.197. The summed E-state index contributed by atoms with van der Waals surface area (Å²) in [5.74, 6) is 1.48. The molecule has 0 saturated carbocycles. The van der Waals surface area contributed by atoms with Crippen molar-refractivity contribution in [1.29, 1.82) is 0 Å². The predicted molar refractivity (Wildman–Crippen MR) is 145 cm³/mol. The van der Waals surface area contributed by atoms with Gasteiger partial charge in [0.1, 0.15) is 17.3 Å². The second kappa shape index (κ2) is 12.7. The van der Waals surface area contributed by atoms with E-state index in [2.05, 4.69) is 47.1 Å². The fourth-order valence-electron chi connectivity index (χ4n) is 4.82. The summed E-state index contributed by atoms with van der Waals surface area (Å²) in [4.78, 5) is 5.03. The van der Waals surface area contributed by atoms with Crippen LogP contribution in [0.5, 0.6) is 11.5 Å². The minimum absolute atomic E-state index is 0.164. The highest BCUT2D eigenvalue weighted by Crippen LogP contribution is 2.28. The Hall–Kier alpha value is -3.15. The number of methoxy groups -OCH3 is 2. The van der Waals surface area contributed by atoms with Crippen LogP contribution in [0.25, 0.3) is 5.57 Å². The number of hydrogen-bond donors (Lipinski definition) is 0. The van der Waals surface area contributed by atoms with Gasteiger partial charge in [-0.3, -0.25) is 4.90 Å². The number of rotatable bonds is 11. The quantitative estimate of drug-likeness (QED) is 0.310. The van der Waals surface area contributed by atoms with Crippen LogP contribution >= 0.6 is 0 Å². The molecule has 190 valence electrons. The number of hydrogen-bond acceptors (Lipinski definition) is 4. The van der Waals surface area contributed by atoms with Crippen molar-refractivity contribution < 1.29 is 13.9 Å². The van der Waals surface area contributed by atoms with Crippen LogP contribution in [-0.4, -0.2) is 56.7 Å². The van der Waals surface area contributed by atoms with E-state index in [9.17, 15) is 4.39 Å². The van der Waals surface area contributed by atoms with Gasteiger partial charge < -0.3 is 14.4 Å². The molecule has 1 saturated heterocycles. The maximum atomic E-state index is 13.6. The summed E-state index contributed by atoms with van der Waals surface area (Å²) in [7, 11) is 3.37. The first kappa shape index (κ1) is 25.9. The van der Waals surface area contributed by atoms with E-state index < -0.39 is 0 Å². The van der Waals surface area contributed by atoms with Crippen molar-refractivity contribution in [2.45, 2.75) is 25.8 Å².